The van der Waals surface area contributed by atoms with Crippen LogP contribution in [-0.4, -0.2) is 11.5 Å². The van der Waals surface area contributed by atoms with Crippen LogP contribution in [0.1, 0.15) is 5.56 Å². The minimum absolute atomic E-state index is 0.0378. The second kappa shape index (κ2) is 6.13. The van der Waals surface area contributed by atoms with Crippen molar-refractivity contribution in [2.45, 2.75) is 12.9 Å². The third kappa shape index (κ3) is 4.19. The lowest BCUT2D eigenvalue weighted by atomic mass is 10.2. The molecule has 0 fully saturated rings. The van der Waals surface area contributed by atoms with Crippen molar-refractivity contribution in [1.82, 2.24) is 0 Å². The number of anilines is 1. The summed E-state index contributed by atoms with van der Waals surface area (Å²) in [6.07, 6.45) is -4.77. The van der Waals surface area contributed by atoms with Crippen LogP contribution in [0.25, 0.3) is 0 Å². The summed E-state index contributed by atoms with van der Waals surface area (Å²) < 4.78 is 40.8. The molecule has 0 aliphatic heterocycles. The molecule has 0 aliphatic carbocycles. The molecule has 0 spiro atoms. The van der Waals surface area contributed by atoms with E-state index >= 15 is 0 Å². The first-order chi connectivity index (χ1) is 9.87. The van der Waals surface area contributed by atoms with Crippen molar-refractivity contribution < 1.29 is 23.0 Å². The summed E-state index contributed by atoms with van der Waals surface area (Å²) in [6, 6.07) is 10.2. The van der Waals surface area contributed by atoms with Crippen molar-refractivity contribution in [3.8, 4) is 11.5 Å². The molecule has 21 heavy (non-hydrogen) atoms. The van der Waals surface area contributed by atoms with Crippen LogP contribution < -0.4 is 10.1 Å². The second-order valence-corrected chi connectivity index (χ2v) is 4.54. The lowest BCUT2D eigenvalue weighted by molar-refractivity contribution is -0.274. The predicted molar refractivity (Wildman–Crippen MR) is 73.6 cm³/mol. The van der Waals surface area contributed by atoms with Gasteiger partial charge < -0.3 is 15.2 Å². The fourth-order valence-electron chi connectivity index (χ4n) is 1.73. The Morgan fingerprint density at radius 1 is 1.10 bits per heavy atom. The summed E-state index contributed by atoms with van der Waals surface area (Å²) in [4.78, 5) is 0. The van der Waals surface area contributed by atoms with Crippen LogP contribution in [0.15, 0.2) is 42.5 Å². The first-order valence-corrected chi connectivity index (χ1v) is 6.29. The first-order valence-electron chi connectivity index (χ1n) is 5.92. The maximum absolute atomic E-state index is 12.3. The van der Waals surface area contributed by atoms with Crippen LogP contribution in [0.4, 0.5) is 18.9 Å². The highest BCUT2D eigenvalue weighted by Gasteiger charge is 2.32. The summed E-state index contributed by atoms with van der Waals surface area (Å²) in [5.74, 6) is -0.388. The van der Waals surface area contributed by atoms with Gasteiger partial charge in [-0.15, -0.1) is 13.2 Å². The number of alkyl halides is 3. The summed E-state index contributed by atoms with van der Waals surface area (Å²) in [7, 11) is 0. The Bertz CT molecular complexity index is 612. The molecule has 0 atom stereocenters. The van der Waals surface area contributed by atoms with E-state index in [1.54, 1.807) is 18.2 Å². The van der Waals surface area contributed by atoms with Gasteiger partial charge in [0.2, 0.25) is 0 Å². The molecule has 0 amide bonds. The zero-order valence-corrected chi connectivity index (χ0v) is 11.4. The number of rotatable bonds is 4. The zero-order chi connectivity index (χ0) is 15.5. The molecule has 2 rings (SSSR count). The highest BCUT2D eigenvalue weighted by Crippen LogP contribution is 2.32. The third-order valence-electron chi connectivity index (χ3n) is 2.66. The number of benzene rings is 2. The van der Waals surface area contributed by atoms with Gasteiger partial charge in [0.25, 0.3) is 0 Å². The SMILES string of the molecule is Oc1cccc(Cl)c1CNc1ccccc1OC(F)(F)F. The molecule has 0 saturated carbocycles. The lowest BCUT2D eigenvalue weighted by Crippen LogP contribution is -2.18. The molecular formula is C14H11ClF3NO2. The number of phenolic OH excluding ortho intramolecular Hbond substituents is 1. The van der Waals surface area contributed by atoms with Crippen molar-refractivity contribution in [2.24, 2.45) is 0 Å². The first kappa shape index (κ1) is 15.3. The van der Waals surface area contributed by atoms with Crippen LogP contribution >= 0.6 is 11.6 Å². The van der Waals surface area contributed by atoms with E-state index in [9.17, 15) is 18.3 Å². The van der Waals surface area contributed by atoms with Crippen molar-refractivity contribution in [3.05, 3.63) is 53.1 Å². The van der Waals surface area contributed by atoms with E-state index in [4.69, 9.17) is 11.6 Å². The number of nitrogens with one attached hydrogen (secondary N) is 1. The van der Waals surface area contributed by atoms with E-state index in [1.165, 1.54) is 24.3 Å². The Morgan fingerprint density at radius 3 is 2.48 bits per heavy atom. The molecule has 0 aromatic heterocycles. The Hall–Kier alpha value is -2.08. The van der Waals surface area contributed by atoms with E-state index in [-0.39, 0.29) is 23.7 Å². The minimum Gasteiger partial charge on any atom is -0.508 e. The monoisotopic (exact) mass is 317 g/mol. The van der Waals surface area contributed by atoms with Crippen molar-refractivity contribution in [1.29, 1.82) is 0 Å². The van der Waals surface area contributed by atoms with Gasteiger partial charge >= 0.3 is 6.36 Å². The van der Waals surface area contributed by atoms with E-state index < -0.39 is 6.36 Å². The molecule has 112 valence electrons. The van der Waals surface area contributed by atoms with Crippen LogP contribution in [0.5, 0.6) is 11.5 Å². The quantitative estimate of drug-likeness (QED) is 0.869. The normalized spacial score (nSPS) is 11.2. The lowest BCUT2D eigenvalue weighted by Gasteiger charge is -2.15. The van der Waals surface area contributed by atoms with Crippen LogP contribution in [0.2, 0.25) is 5.02 Å². The van der Waals surface area contributed by atoms with Gasteiger partial charge in [0, 0.05) is 17.1 Å². The number of halogens is 4. The van der Waals surface area contributed by atoms with Crippen LogP contribution in [0, 0.1) is 0 Å². The average molecular weight is 318 g/mol. The van der Waals surface area contributed by atoms with E-state index in [2.05, 4.69) is 10.1 Å². The maximum Gasteiger partial charge on any atom is 0.573 e. The molecule has 0 unspecified atom stereocenters. The van der Waals surface area contributed by atoms with Gasteiger partial charge in [-0.05, 0) is 24.3 Å². The van der Waals surface area contributed by atoms with Crippen LogP contribution in [0.3, 0.4) is 0 Å². The summed E-state index contributed by atoms with van der Waals surface area (Å²) in [6.45, 7) is 0.0593. The molecule has 0 heterocycles. The molecule has 2 N–H and O–H groups in total. The Balaban J connectivity index is 2.17. The Labute approximate surface area is 123 Å². The van der Waals surface area contributed by atoms with Gasteiger partial charge in [0.05, 0.1) is 5.69 Å². The fourth-order valence-corrected chi connectivity index (χ4v) is 1.97. The van der Waals surface area contributed by atoms with E-state index in [0.717, 1.165) is 0 Å². The van der Waals surface area contributed by atoms with Gasteiger partial charge in [-0.2, -0.15) is 0 Å². The van der Waals surface area contributed by atoms with Crippen molar-refractivity contribution in [2.75, 3.05) is 5.32 Å². The average Bonchev–Trinajstić information content (AvgIpc) is 2.38. The molecule has 0 bridgehead atoms. The smallest absolute Gasteiger partial charge is 0.508 e. The van der Waals surface area contributed by atoms with Crippen molar-refractivity contribution in [3.63, 3.8) is 0 Å². The van der Waals surface area contributed by atoms with Crippen molar-refractivity contribution >= 4 is 17.3 Å². The minimum atomic E-state index is -4.77. The molecule has 0 radical (unpaired) electrons. The summed E-state index contributed by atoms with van der Waals surface area (Å²) in [5.41, 5.74) is 0.537. The summed E-state index contributed by atoms with van der Waals surface area (Å²) in [5, 5.41) is 12.8. The van der Waals surface area contributed by atoms with E-state index in [1.807, 2.05) is 0 Å². The molecule has 0 aliphatic rings. The molecule has 2 aromatic rings. The number of ether oxygens (including phenoxy) is 1. The number of hydrogen-bond acceptors (Lipinski definition) is 3. The molecule has 0 saturated heterocycles. The second-order valence-electron chi connectivity index (χ2n) is 4.14. The zero-order valence-electron chi connectivity index (χ0n) is 10.6. The summed E-state index contributed by atoms with van der Waals surface area (Å²) >= 11 is 5.93. The highest BCUT2D eigenvalue weighted by atomic mass is 35.5. The number of para-hydroxylation sites is 2. The number of phenols is 1. The van der Waals surface area contributed by atoms with Crippen LogP contribution in [-0.2, 0) is 6.54 Å². The Morgan fingerprint density at radius 2 is 1.81 bits per heavy atom. The van der Waals surface area contributed by atoms with Gasteiger partial charge in [-0.3, -0.25) is 0 Å². The number of hydrogen-bond donors (Lipinski definition) is 2. The Kier molecular flexibility index (Phi) is 4.47. The molecule has 7 heteroatoms. The van der Waals surface area contributed by atoms with Gasteiger partial charge in [-0.1, -0.05) is 29.8 Å². The number of aromatic hydroxyl groups is 1. The third-order valence-corrected chi connectivity index (χ3v) is 3.02. The van der Waals surface area contributed by atoms with Gasteiger partial charge in [0.15, 0.2) is 5.75 Å². The molecular weight excluding hydrogens is 307 g/mol. The molecule has 3 nitrogen and oxygen atoms in total. The predicted octanol–water partition coefficient (Wildman–Crippen LogP) is 4.56. The fraction of sp³-hybridized carbons (Fsp3) is 0.143. The maximum atomic E-state index is 12.3. The largest absolute Gasteiger partial charge is 0.573 e. The topological polar surface area (TPSA) is 41.5 Å². The standard InChI is InChI=1S/C14H11ClF3NO2/c15-10-4-3-6-12(20)9(10)8-19-11-5-1-2-7-13(11)21-14(16,17)18/h1-7,19-20H,8H2. The van der Waals surface area contributed by atoms with Gasteiger partial charge in [0.1, 0.15) is 5.75 Å². The molecule has 2 aromatic carbocycles. The highest BCUT2D eigenvalue weighted by molar-refractivity contribution is 6.31. The van der Waals surface area contributed by atoms with Gasteiger partial charge in [-0.25, -0.2) is 0 Å². The van der Waals surface area contributed by atoms with E-state index in [0.29, 0.717) is 10.6 Å².